The van der Waals surface area contributed by atoms with E-state index in [1.807, 2.05) is 0 Å². The van der Waals surface area contributed by atoms with E-state index in [4.69, 9.17) is 9.53 Å². The largest absolute Gasteiger partial charge is 0.482 e. The van der Waals surface area contributed by atoms with Gasteiger partial charge in [-0.2, -0.15) is 0 Å². The minimum absolute atomic E-state index is 0.0636. The highest BCUT2D eigenvalue weighted by molar-refractivity contribution is 7.90. The van der Waals surface area contributed by atoms with Gasteiger partial charge in [0.2, 0.25) is 0 Å². The van der Waals surface area contributed by atoms with Crippen LogP contribution in [0.3, 0.4) is 0 Å². The highest BCUT2D eigenvalue weighted by atomic mass is 32.2. The van der Waals surface area contributed by atoms with Gasteiger partial charge in [-0.05, 0) is 55.8 Å². The van der Waals surface area contributed by atoms with Gasteiger partial charge in [-0.15, -0.1) is 0 Å². The van der Waals surface area contributed by atoms with E-state index in [2.05, 4.69) is 21.7 Å². The number of benzene rings is 1. The molecule has 4 heterocycles. The maximum Gasteiger partial charge on any atom is 0.268 e. The first-order valence-corrected chi connectivity index (χ1v) is 11.5. The fourth-order valence-electron chi connectivity index (χ4n) is 3.67. The van der Waals surface area contributed by atoms with E-state index in [1.165, 1.54) is 23.0 Å². The number of ether oxygens (including phenoxy) is 1. The molecule has 2 N–H and O–H groups in total. The molecule has 0 radical (unpaired) electrons. The molecule has 0 saturated heterocycles. The second kappa shape index (κ2) is 8.93. The third-order valence-corrected chi connectivity index (χ3v) is 6.75. The number of carbonyl (C=O) groups is 2. The van der Waals surface area contributed by atoms with Crippen LogP contribution in [-0.4, -0.2) is 49.3 Å². The lowest BCUT2D eigenvalue weighted by atomic mass is 10.0. The van der Waals surface area contributed by atoms with Gasteiger partial charge in [0.05, 0.1) is 21.6 Å². The number of nitrogens with zero attached hydrogens (tertiary/aromatic N) is 2. The van der Waals surface area contributed by atoms with Crippen molar-refractivity contribution in [2.75, 3.05) is 25.0 Å². The van der Waals surface area contributed by atoms with Crippen LogP contribution < -0.4 is 15.4 Å². The summed E-state index contributed by atoms with van der Waals surface area (Å²) in [7, 11) is -3.91. The van der Waals surface area contributed by atoms with Crippen LogP contribution in [-0.2, 0) is 19.6 Å². The van der Waals surface area contributed by atoms with Gasteiger partial charge in [-0.1, -0.05) is 6.08 Å². The molecule has 1 aromatic carbocycles. The van der Waals surface area contributed by atoms with Gasteiger partial charge in [0, 0.05) is 24.5 Å². The first-order valence-electron chi connectivity index (χ1n) is 10.0. The molecule has 1 amide bonds. The molecule has 0 aliphatic carbocycles. The number of pyridine rings is 1. The molecule has 0 bridgehead atoms. The Morgan fingerprint density at radius 1 is 1.25 bits per heavy atom. The highest BCUT2D eigenvalue weighted by Gasteiger charge is 2.26. The minimum atomic E-state index is -3.91. The van der Waals surface area contributed by atoms with Crippen LogP contribution in [0, 0.1) is 0 Å². The molecule has 0 spiro atoms. The van der Waals surface area contributed by atoms with Crippen molar-refractivity contribution in [1.82, 2.24) is 14.3 Å². The Morgan fingerprint density at radius 2 is 2.06 bits per heavy atom. The lowest BCUT2D eigenvalue weighted by Crippen LogP contribution is -2.25. The number of fused-ring (bicyclic) bond motifs is 2. The molecule has 0 fully saturated rings. The number of hydrogen-bond acceptors (Lipinski definition) is 7. The van der Waals surface area contributed by atoms with Crippen LogP contribution in [0.1, 0.15) is 18.9 Å². The third kappa shape index (κ3) is 4.02. The molecule has 0 unspecified atom stereocenters. The van der Waals surface area contributed by atoms with Crippen molar-refractivity contribution in [2.45, 2.75) is 18.2 Å². The molecule has 0 atom stereocenters. The number of nitrogens with one attached hydrogen (secondary N) is 2. The summed E-state index contributed by atoms with van der Waals surface area (Å²) in [5.41, 5.74) is 3.41. The first-order chi connectivity index (χ1) is 15.5. The Balaban J connectivity index is 0.000000775. The highest BCUT2D eigenvalue weighted by Crippen LogP contribution is 2.34. The zero-order valence-corrected chi connectivity index (χ0v) is 18.2. The molecule has 10 heteroatoms. The van der Waals surface area contributed by atoms with Crippen LogP contribution >= 0.6 is 0 Å². The molecule has 166 valence electrons. The van der Waals surface area contributed by atoms with E-state index in [-0.39, 0.29) is 17.4 Å². The van der Waals surface area contributed by atoms with Crippen molar-refractivity contribution in [3.8, 4) is 5.75 Å². The van der Waals surface area contributed by atoms with E-state index in [0.29, 0.717) is 22.5 Å². The molecule has 5 rings (SSSR count). The average molecular weight is 455 g/mol. The number of aldehydes is 1. The molecule has 32 heavy (non-hydrogen) atoms. The van der Waals surface area contributed by atoms with Crippen molar-refractivity contribution in [1.29, 1.82) is 0 Å². The summed E-state index contributed by atoms with van der Waals surface area (Å²) in [6.07, 6.45) is 6.92. The van der Waals surface area contributed by atoms with Crippen LogP contribution in [0.2, 0.25) is 0 Å². The van der Waals surface area contributed by atoms with Crippen LogP contribution in [0.25, 0.3) is 16.6 Å². The second-order valence-corrected chi connectivity index (χ2v) is 8.94. The van der Waals surface area contributed by atoms with Crippen LogP contribution in [0.5, 0.6) is 5.75 Å². The van der Waals surface area contributed by atoms with E-state index in [9.17, 15) is 13.2 Å². The summed E-state index contributed by atoms with van der Waals surface area (Å²) in [6.45, 7) is 2.94. The summed E-state index contributed by atoms with van der Waals surface area (Å²) in [5, 5.41) is 5.91. The van der Waals surface area contributed by atoms with E-state index in [1.54, 1.807) is 30.6 Å². The Labute approximate surface area is 185 Å². The topological polar surface area (TPSA) is 119 Å². The Hall–Kier alpha value is -3.50. The van der Waals surface area contributed by atoms with Gasteiger partial charge in [0.15, 0.2) is 6.61 Å². The van der Waals surface area contributed by atoms with E-state index in [0.717, 1.165) is 36.9 Å². The number of rotatable bonds is 3. The molecule has 3 aromatic rings. The zero-order valence-electron chi connectivity index (χ0n) is 17.4. The SMILES string of the molecule is CC=O.O=C1COc2ccc(S(=O)(=O)n3cc(C4=CCNCC4)c4ncccc43)cc2N1. The minimum Gasteiger partial charge on any atom is -0.482 e. The smallest absolute Gasteiger partial charge is 0.268 e. The quantitative estimate of drug-likeness (QED) is 0.582. The fourth-order valence-corrected chi connectivity index (χ4v) is 5.05. The van der Waals surface area contributed by atoms with E-state index < -0.39 is 10.0 Å². The van der Waals surface area contributed by atoms with Gasteiger partial charge in [-0.25, -0.2) is 12.4 Å². The number of hydrogen-bond donors (Lipinski definition) is 2. The number of aromatic nitrogens is 2. The zero-order chi connectivity index (χ0) is 22.7. The van der Waals surface area contributed by atoms with Crippen molar-refractivity contribution in [2.24, 2.45) is 0 Å². The van der Waals surface area contributed by atoms with Crippen molar-refractivity contribution in [3.05, 3.63) is 54.4 Å². The third-order valence-electron chi connectivity index (χ3n) is 5.08. The predicted octanol–water partition coefficient (Wildman–Crippen LogP) is 2.19. The summed E-state index contributed by atoms with van der Waals surface area (Å²) in [6, 6.07) is 7.93. The second-order valence-electron chi connectivity index (χ2n) is 7.13. The summed E-state index contributed by atoms with van der Waals surface area (Å²) in [4.78, 5) is 24.9. The van der Waals surface area contributed by atoms with Gasteiger partial charge in [0.1, 0.15) is 12.0 Å². The van der Waals surface area contributed by atoms with Gasteiger partial charge in [-0.3, -0.25) is 9.78 Å². The number of carbonyl (C=O) groups excluding carboxylic acids is 2. The lowest BCUT2D eigenvalue weighted by molar-refractivity contribution is -0.118. The molecule has 0 saturated carbocycles. The monoisotopic (exact) mass is 454 g/mol. The Morgan fingerprint density at radius 3 is 2.81 bits per heavy atom. The van der Waals surface area contributed by atoms with Gasteiger partial charge >= 0.3 is 0 Å². The van der Waals surface area contributed by atoms with Crippen molar-refractivity contribution in [3.63, 3.8) is 0 Å². The number of amides is 1. The van der Waals surface area contributed by atoms with Crippen molar-refractivity contribution < 1.29 is 22.7 Å². The molecule has 9 nitrogen and oxygen atoms in total. The van der Waals surface area contributed by atoms with Crippen LogP contribution in [0.15, 0.2) is 53.7 Å². The Kier molecular flexibility index (Phi) is 6.06. The van der Waals surface area contributed by atoms with E-state index >= 15 is 0 Å². The maximum absolute atomic E-state index is 13.5. The van der Waals surface area contributed by atoms with Crippen molar-refractivity contribution >= 4 is 44.5 Å². The normalized spacial score (nSPS) is 15.5. The summed E-state index contributed by atoms with van der Waals surface area (Å²) < 4.78 is 33.5. The predicted molar refractivity (Wildman–Crippen MR) is 120 cm³/mol. The average Bonchev–Trinajstić information content (AvgIpc) is 3.20. The molecular weight excluding hydrogens is 432 g/mol. The molecule has 2 aliphatic heterocycles. The summed E-state index contributed by atoms with van der Waals surface area (Å²) >= 11 is 0. The van der Waals surface area contributed by atoms with Crippen LogP contribution in [0.4, 0.5) is 5.69 Å². The molecule has 2 aliphatic rings. The summed E-state index contributed by atoms with van der Waals surface area (Å²) in [5.74, 6) is 0.130. The first kappa shape index (κ1) is 21.7. The number of anilines is 1. The maximum atomic E-state index is 13.5. The van der Waals surface area contributed by atoms with Gasteiger partial charge in [0.25, 0.3) is 15.9 Å². The standard InChI is InChI=1S/C20H18N4O4S.C2H4O/c25-19-12-28-18-4-3-14(10-16(18)23-19)29(26,27)24-11-15(13-5-8-21-9-6-13)20-17(24)2-1-7-22-20;1-2-3/h1-5,7,10-11,21H,6,8-9,12H2,(H,23,25);2H,1H3. The lowest BCUT2D eigenvalue weighted by Gasteiger charge is -2.18. The van der Waals surface area contributed by atoms with Gasteiger partial charge < -0.3 is 20.2 Å². The Bertz CT molecular complexity index is 1330. The fraction of sp³-hybridized carbons (Fsp3) is 0.227. The molecule has 2 aromatic heterocycles. The molecular formula is C22H22N4O5S.